The van der Waals surface area contributed by atoms with Gasteiger partial charge in [0.05, 0.1) is 0 Å². The summed E-state index contributed by atoms with van der Waals surface area (Å²) in [7, 11) is 0. The van der Waals surface area contributed by atoms with Crippen molar-refractivity contribution in [2.75, 3.05) is 32.7 Å². The van der Waals surface area contributed by atoms with E-state index in [-0.39, 0.29) is 24.9 Å². The molecule has 0 saturated carbocycles. The molecule has 33 heavy (non-hydrogen) atoms. The van der Waals surface area contributed by atoms with E-state index in [0.29, 0.717) is 19.6 Å². The third kappa shape index (κ3) is 6.42. The normalized spacial score (nSPS) is 17.9. The molecule has 0 aromatic heterocycles. The molecule has 2 aromatic carbocycles. The SMILES string of the molecule is O=C(CCN1CCN(Cc2ccccc2)C(=O)C1=O)NC1CCN(Cc2ccccc2)CC1. The van der Waals surface area contributed by atoms with Crippen LogP contribution in [0.15, 0.2) is 60.7 Å². The molecule has 1 N–H and O–H groups in total. The standard InChI is InChI=1S/C26H32N4O3/c31-24(27-23-11-14-28(15-12-23)19-21-7-3-1-4-8-21)13-16-29-17-18-30(26(33)25(29)32)20-22-9-5-2-6-10-22/h1-10,23H,11-20H2,(H,27,31). The van der Waals surface area contributed by atoms with Crippen LogP contribution >= 0.6 is 0 Å². The van der Waals surface area contributed by atoms with E-state index in [4.69, 9.17) is 0 Å². The monoisotopic (exact) mass is 448 g/mol. The third-order valence-corrected chi connectivity index (χ3v) is 6.42. The summed E-state index contributed by atoms with van der Waals surface area (Å²) in [6.07, 6.45) is 2.07. The molecule has 174 valence electrons. The van der Waals surface area contributed by atoms with Crippen LogP contribution in [0.4, 0.5) is 0 Å². The number of carbonyl (C=O) groups is 3. The average molecular weight is 449 g/mol. The zero-order chi connectivity index (χ0) is 23.0. The van der Waals surface area contributed by atoms with Crippen LogP contribution in [-0.4, -0.2) is 71.2 Å². The minimum absolute atomic E-state index is 0.0523. The molecule has 0 bridgehead atoms. The Labute approximate surface area is 195 Å². The number of rotatable bonds is 8. The van der Waals surface area contributed by atoms with E-state index in [9.17, 15) is 14.4 Å². The predicted octanol–water partition coefficient (Wildman–Crippen LogP) is 2.03. The lowest BCUT2D eigenvalue weighted by Crippen LogP contribution is -2.54. The molecule has 2 aliphatic heterocycles. The highest BCUT2D eigenvalue weighted by Crippen LogP contribution is 2.15. The van der Waals surface area contributed by atoms with Crippen LogP contribution in [-0.2, 0) is 27.5 Å². The summed E-state index contributed by atoms with van der Waals surface area (Å²) in [6, 6.07) is 20.3. The highest BCUT2D eigenvalue weighted by molar-refractivity contribution is 6.35. The van der Waals surface area contributed by atoms with E-state index in [0.717, 1.165) is 38.0 Å². The number of likely N-dealkylation sites (tertiary alicyclic amines) is 1. The van der Waals surface area contributed by atoms with Crippen LogP contribution in [0.1, 0.15) is 30.4 Å². The lowest BCUT2D eigenvalue weighted by atomic mass is 10.0. The third-order valence-electron chi connectivity index (χ3n) is 6.42. The van der Waals surface area contributed by atoms with Gasteiger partial charge in [-0.15, -0.1) is 0 Å². The number of piperazine rings is 1. The Kier molecular flexibility index (Phi) is 7.73. The topological polar surface area (TPSA) is 73.0 Å². The molecule has 2 fully saturated rings. The maximum atomic E-state index is 12.5. The first kappa shape index (κ1) is 23.0. The van der Waals surface area contributed by atoms with Crippen molar-refractivity contribution in [3.05, 3.63) is 71.8 Å². The summed E-state index contributed by atoms with van der Waals surface area (Å²) in [6.45, 7) is 4.51. The summed E-state index contributed by atoms with van der Waals surface area (Å²) in [4.78, 5) is 43.0. The first-order valence-corrected chi connectivity index (χ1v) is 11.8. The van der Waals surface area contributed by atoms with Crippen LogP contribution in [0, 0.1) is 0 Å². The first-order valence-electron chi connectivity index (χ1n) is 11.8. The lowest BCUT2D eigenvalue weighted by molar-refractivity contribution is -0.156. The second-order valence-corrected chi connectivity index (χ2v) is 8.86. The lowest BCUT2D eigenvalue weighted by Gasteiger charge is -2.34. The molecule has 0 unspecified atom stereocenters. The summed E-state index contributed by atoms with van der Waals surface area (Å²) in [5, 5.41) is 3.11. The summed E-state index contributed by atoms with van der Waals surface area (Å²) in [5.41, 5.74) is 2.31. The number of amides is 3. The molecule has 0 spiro atoms. The van der Waals surface area contributed by atoms with Crippen molar-refractivity contribution in [1.29, 1.82) is 0 Å². The van der Waals surface area contributed by atoms with Gasteiger partial charge in [-0.05, 0) is 24.0 Å². The molecule has 2 saturated heterocycles. The van der Waals surface area contributed by atoms with Gasteiger partial charge in [-0.3, -0.25) is 19.3 Å². The van der Waals surface area contributed by atoms with Gasteiger partial charge in [0, 0.05) is 58.3 Å². The highest BCUT2D eigenvalue weighted by atomic mass is 16.2. The van der Waals surface area contributed by atoms with Crippen molar-refractivity contribution < 1.29 is 14.4 Å². The molecule has 0 radical (unpaired) electrons. The number of hydrogen-bond acceptors (Lipinski definition) is 4. The van der Waals surface area contributed by atoms with E-state index >= 15 is 0 Å². The van der Waals surface area contributed by atoms with Crippen LogP contribution in [0.2, 0.25) is 0 Å². The van der Waals surface area contributed by atoms with Crippen molar-refractivity contribution >= 4 is 17.7 Å². The second kappa shape index (κ2) is 11.1. The van der Waals surface area contributed by atoms with Gasteiger partial charge in [-0.1, -0.05) is 60.7 Å². The summed E-state index contributed by atoms with van der Waals surface area (Å²) >= 11 is 0. The Morgan fingerprint density at radius 1 is 0.758 bits per heavy atom. The zero-order valence-electron chi connectivity index (χ0n) is 19.0. The first-order chi connectivity index (χ1) is 16.1. The molecular weight excluding hydrogens is 416 g/mol. The Hall–Kier alpha value is -3.19. The second-order valence-electron chi connectivity index (χ2n) is 8.86. The van der Waals surface area contributed by atoms with E-state index < -0.39 is 11.8 Å². The zero-order valence-corrected chi connectivity index (χ0v) is 19.0. The number of hydrogen-bond donors (Lipinski definition) is 1. The molecule has 2 aliphatic rings. The molecule has 3 amide bonds. The number of nitrogens with zero attached hydrogens (tertiary/aromatic N) is 3. The molecular formula is C26H32N4O3. The number of carbonyl (C=O) groups excluding carboxylic acids is 3. The van der Waals surface area contributed by atoms with Gasteiger partial charge in [0.15, 0.2) is 0 Å². The van der Waals surface area contributed by atoms with Crippen LogP contribution in [0.3, 0.4) is 0 Å². The fourth-order valence-electron chi connectivity index (χ4n) is 4.50. The van der Waals surface area contributed by atoms with Gasteiger partial charge in [0.2, 0.25) is 5.91 Å². The van der Waals surface area contributed by atoms with Gasteiger partial charge >= 0.3 is 11.8 Å². The summed E-state index contributed by atoms with van der Waals surface area (Å²) < 4.78 is 0. The fourth-order valence-corrected chi connectivity index (χ4v) is 4.50. The van der Waals surface area contributed by atoms with E-state index in [2.05, 4.69) is 34.5 Å². The van der Waals surface area contributed by atoms with Gasteiger partial charge in [0.1, 0.15) is 0 Å². The van der Waals surface area contributed by atoms with Gasteiger partial charge in [-0.25, -0.2) is 0 Å². The molecule has 0 aliphatic carbocycles. The van der Waals surface area contributed by atoms with Crippen molar-refractivity contribution in [2.24, 2.45) is 0 Å². The van der Waals surface area contributed by atoms with E-state index in [1.807, 2.05) is 36.4 Å². The summed E-state index contributed by atoms with van der Waals surface area (Å²) in [5.74, 6) is -1.06. The van der Waals surface area contributed by atoms with Gasteiger partial charge in [-0.2, -0.15) is 0 Å². The fraction of sp³-hybridized carbons (Fsp3) is 0.423. The van der Waals surface area contributed by atoms with Crippen molar-refractivity contribution in [3.8, 4) is 0 Å². The predicted molar refractivity (Wildman–Crippen MR) is 126 cm³/mol. The smallest absolute Gasteiger partial charge is 0.312 e. The largest absolute Gasteiger partial charge is 0.353 e. The van der Waals surface area contributed by atoms with Crippen LogP contribution < -0.4 is 5.32 Å². The Bertz CT molecular complexity index is 943. The molecule has 2 heterocycles. The van der Waals surface area contributed by atoms with E-state index in [1.54, 1.807) is 4.90 Å². The van der Waals surface area contributed by atoms with E-state index in [1.165, 1.54) is 10.5 Å². The number of piperidine rings is 1. The minimum Gasteiger partial charge on any atom is -0.353 e. The molecule has 4 rings (SSSR count). The Morgan fingerprint density at radius 3 is 1.94 bits per heavy atom. The van der Waals surface area contributed by atoms with Crippen LogP contribution in [0.5, 0.6) is 0 Å². The molecule has 2 aromatic rings. The van der Waals surface area contributed by atoms with Crippen molar-refractivity contribution in [3.63, 3.8) is 0 Å². The quantitative estimate of drug-likeness (QED) is 0.628. The van der Waals surface area contributed by atoms with Gasteiger partial charge in [0.25, 0.3) is 0 Å². The average Bonchev–Trinajstić information content (AvgIpc) is 2.84. The van der Waals surface area contributed by atoms with Crippen LogP contribution in [0.25, 0.3) is 0 Å². The number of nitrogens with one attached hydrogen (secondary N) is 1. The Balaban J connectivity index is 1.16. The van der Waals surface area contributed by atoms with Crippen molar-refractivity contribution in [2.45, 2.75) is 38.4 Å². The Morgan fingerprint density at radius 2 is 1.30 bits per heavy atom. The molecule has 0 atom stereocenters. The van der Waals surface area contributed by atoms with Gasteiger partial charge < -0.3 is 15.1 Å². The molecule has 7 nitrogen and oxygen atoms in total. The van der Waals surface area contributed by atoms with Crippen molar-refractivity contribution in [1.82, 2.24) is 20.0 Å². The maximum absolute atomic E-state index is 12.5. The highest BCUT2D eigenvalue weighted by Gasteiger charge is 2.32. The molecule has 7 heteroatoms. The number of benzene rings is 2. The minimum atomic E-state index is -0.515. The maximum Gasteiger partial charge on any atom is 0.312 e.